The van der Waals surface area contributed by atoms with Gasteiger partial charge in [-0.15, -0.1) is 0 Å². The molecule has 2 rings (SSSR count). The van der Waals surface area contributed by atoms with Crippen LogP contribution in [0.5, 0.6) is 5.75 Å². The number of esters is 4. The molecular formula is C52H80N8O18S. The first-order valence-electron chi connectivity index (χ1n) is 25.6. The minimum absolute atomic E-state index is 0.00647. The first kappa shape index (κ1) is 67.7. The van der Waals surface area contributed by atoms with E-state index in [0.29, 0.717) is 35.3 Å². The van der Waals surface area contributed by atoms with Gasteiger partial charge in [-0.3, -0.25) is 24.6 Å². The number of nitrogens with one attached hydrogen (secondary N) is 8. The molecule has 79 heavy (non-hydrogen) atoms. The van der Waals surface area contributed by atoms with Crippen molar-refractivity contribution in [2.75, 3.05) is 46.1 Å². The van der Waals surface area contributed by atoms with Crippen molar-refractivity contribution in [3.8, 4) is 5.75 Å². The van der Waals surface area contributed by atoms with E-state index in [-0.39, 0.29) is 69.9 Å². The topological polar surface area (TPSA) is 360 Å². The van der Waals surface area contributed by atoms with Gasteiger partial charge in [0.15, 0.2) is 0 Å². The Morgan fingerprint density at radius 3 is 1.80 bits per heavy atom. The molecule has 1 heterocycles. The summed E-state index contributed by atoms with van der Waals surface area (Å²) in [4.78, 5) is 115. The van der Waals surface area contributed by atoms with Gasteiger partial charge in [0.25, 0.3) is 10.0 Å². The molecule has 26 nitrogen and oxygen atoms in total. The van der Waals surface area contributed by atoms with Gasteiger partial charge < -0.3 is 65.1 Å². The summed E-state index contributed by atoms with van der Waals surface area (Å²) < 4.78 is 66.6. The highest BCUT2D eigenvalue weighted by atomic mass is 32.2. The lowest BCUT2D eigenvalue weighted by molar-refractivity contribution is -0.165. The van der Waals surface area contributed by atoms with Gasteiger partial charge in [-0.2, -0.15) is 0 Å². The van der Waals surface area contributed by atoms with Gasteiger partial charge in [0.05, 0.1) is 17.9 Å². The van der Waals surface area contributed by atoms with Crippen LogP contribution in [-0.2, 0) is 78.4 Å². The number of amides is 5. The van der Waals surface area contributed by atoms with E-state index in [1.807, 2.05) is 13.8 Å². The Bertz CT molecular complexity index is 2520. The Morgan fingerprint density at radius 1 is 0.671 bits per heavy atom. The summed E-state index contributed by atoms with van der Waals surface area (Å²) in [5, 5.41) is 23.4. The molecule has 1 aliphatic heterocycles. The molecule has 5 amide bonds. The maximum absolute atomic E-state index is 14.1. The molecule has 0 saturated heterocycles. The van der Waals surface area contributed by atoms with Crippen LogP contribution in [0.2, 0.25) is 0 Å². The fourth-order valence-corrected chi connectivity index (χ4v) is 9.05. The molecule has 0 aliphatic carbocycles. The van der Waals surface area contributed by atoms with Crippen LogP contribution in [0.15, 0.2) is 30.2 Å². The van der Waals surface area contributed by atoms with Gasteiger partial charge >= 0.3 is 36.1 Å². The highest BCUT2D eigenvalue weighted by Gasteiger charge is 2.35. The van der Waals surface area contributed by atoms with Crippen molar-refractivity contribution in [3.05, 3.63) is 47.6 Å². The SMILES string of the molecule is C=CC(=O)OCCOC(=O)NCCCC[C@H](NC(=O)OCCOC(=O)C=C)C(=O)N[C@@H](CCCNC(=N)NS(=O)(=O)c1c(C)c(C)c2c(c1C)CCC(C)(C)O2)C(=O)NCC(=O)N[C@@H](CC(=O)OC(C)(C)C)C(=O)OC(C)(C)C. The molecule has 27 heteroatoms. The summed E-state index contributed by atoms with van der Waals surface area (Å²) >= 11 is 0. The average Bonchev–Trinajstić information content (AvgIpc) is 3.44. The Morgan fingerprint density at radius 2 is 1.22 bits per heavy atom. The number of rotatable bonds is 29. The van der Waals surface area contributed by atoms with E-state index in [2.05, 4.69) is 49.8 Å². The monoisotopic (exact) mass is 1140 g/mol. The predicted molar refractivity (Wildman–Crippen MR) is 286 cm³/mol. The van der Waals surface area contributed by atoms with Crippen LogP contribution in [0.4, 0.5) is 9.59 Å². The summed E-state index contributed by atoms with van der Waals surface area (Å²) in [5.74, 6) is -6.03. The molecule has 0 unspecified atom stereocenters. The highest BCUT2D eigenvalue weighted by molar-refractivity contribution is 7.90. The van der Waals surface area contributed by atoms with Gasteiger partial charge in [-0.1, -0.05) is 13.2 Å². The number of fused-ring (bicyclic) bond motifs is 1. The minimum Gasteiger partial charge on any atom is -0.487 e. The second kappa shape index (κ2) is 31.2. The van der Waals surface area contributed by atoms with E-state index in [4.69, 9.17) is 38.6 Å². The number of benzene rings is 1. The molecule has 3 atom stereocenters. The smallest absolute Gasteiger partial charge is 0.407 e. The third-order valence-electron chi connectivity index (χ3n) is 11.3. The number of carbonyl (C=O) groups excluding carboxylic acids is 9. The summed E-state index contributed by atoms with van der Waals surface area (Å²) in [7, 11) is -4.32. The number of alkyl carbamates (subject to hydrolysis) is 2. The summed E-state index contributed by atoms with van der Waals surface area (Å²) in [6, 6.07) is -4.42. The van der Waals surface area contributed by atoms with E-state index < -0.39 is 124 Å². The second-order valence-corrected chi connectivity index (χ2v) is 22.4. The number of sulfonamides is 1. The lowest BCUT2D eigenvalue weighted by Crippen LogP contribution is -2.55. The van der Waals surface area contributed by atoms with Crippen LogP contribution in [0.25, 0.3) is 0 Å². The van der Waals surface area contributed by atoms with Crippen molar-refractivity contribution in [3.63, 3.8) is 0 Å². The lowest BCUT2D eigenvalue weighted by atomic mass is 9.88. The molecule has 1 aromatic carbocycles. The number of hydrogen-bond donors (Lipinski definition) is 8. The normalized spacial score (nSPS) is 13.8. The van der Waals surface area contributed by atoms with Crippen molar-refractivity contribution in [1.29, 1.82) is 5.41 Å². The quantitative estimate of drug-likeness (QED) is 0.0143. The average molecular weight is 1140 g/mol. The van der Waals surface area contributed by atoms with Crippen LogP contribution < -0.4 is 41.4 Å². The van der Waals surface area contributed by atoms with Crippen LogP contribution in [0.1, 0.15) is 123 Å². The number of carbonyl (C=O) groups is 9. The maximum Gasteiger partial charge on any atom is 0.407 e. The molecule has 0 spiro atoms. The predicted octanol–water partition coefficient (Wildman–Crippen LogP) is 2.91. The Kier molecular flexibility index (Phi) is 26.7. The first-order valence-corrected chi connectivity index (χ1v) is 27.1. The lowest BCUT2D eigenvalue weighted by Gasteiger charge is -2.35. The largest absolute Gasteiger partial charge is 0.487 e. The summed E-state index contributed by atoms with van der Waals surface area (Å²) in [6.07, 6.45) is 0.592. The van der Waals surface area contributed by atoms with E-state index in [1.54, 1.807) is 62.3 Å². The van der Waals surface area contributed by atoms with Gasteiger partial charge in [0, 0.05) is 25.2 Å². The minimum atomic E-state index is -4.32. The molecule has 8 N–H and O–H groups in total. The zero-order valence-corrected chi connectivity index (χ0v) is 48.0. The molecule has 1 aromatic rings. The number of guanidine groups is 1. The van der Waals surface area contributed by atoms with E-state index in [9.17, 15) is 51.6 Å². The molecule has 0 radical (unpaired) electrons. The van der Waals surface area contributed by atoms with Crippen molar-refractivity contribution in [1.82, 2.24) is 36.6 Å². The van der Waals surface area contributed by atoms with Gasteiger partial charge in [0.2, 0.25) is 23.7 Å². The molecule has 0 fully saturated rings. The first-order chi connectivity index (χ1) is 36.7. The maximum atomic E-state index is 14.1. The molecule has 0 bridgehead atoms. The second-order valence-electron chi connectivity index (χ2n) is 20.8. The van der Waals surface area contributed by atoms with Gasteiger partial charge in [0.1, 0.15) is 67.1 Å². The van der Waals surface area contributed by atoms with Crippen molar-refractivity contribution in [2.24, 2.45) is 0 Å². The fraction of sp³-hybridized carbons (Fsp3) is 0.615. The third kappa shape index (κ3) is 25.3. The number of hydrogen-bond acceptors (Lipinski definition) is 19. The van der Waals surface area contributed by atoms with Crippen molar-refractivity contribution < 1.29 is 84.7 Å². The third-order valence-corrected chi connectivity index (χ3v) is 12.9. The van der Waals surface area contributed by atoms with Gasteiger partial charge in [-0.05, 0) is 143 Å². The standard InChI is InChI=1S/C52H80N8O18S/c1-14-39(62)72-25-27-74-48(68)55-23-17-16-19-36(59-49(69)75-28-26-73-40(63)15-2)45(66)58-35(44(65)56-30-38(61)57-37(46(67)78-51(9,10)11)29-41(64)76-50(6,7)8)20-18-24-54-47(53)60-79(70,71)43-32(4)31(3)42-34(33(43)5)21-22-52(12,13)77-42/h14-15,35-37H,1-2,16-30H2,3-13H3,(H,55,68)(H,56,65)(H,57,61)(H,58,66)(H,59,69)(H3,53,54,60)/t35-,36-,37-/m0/s1. The zero-order chi connectivity index (χ0) is 59.9. The van der Waals surface area contributed by atoms with Crippen LogP contribution in [0.3, 0.4) is 0 Å². The van der Waals surface area contributed by atoms with Gasteiger partial charge in [-0.25, -0.2) is 37.1 Å². The van der Waals surface area contributed by atoms with Crippen molar-refractivity contribution in [2.45, 2.75) is 167 Å². The van der Waals surface area contributed by atoms with Crippen LogP contribution >= 0.6 is 0 Å². The number of ether oxygens (including phenoxy) is 7. The Balaban J connectivity index is 2.34. The number of unbranched alkanes of at least 4 members (excludes halogenated alkanes) is 1. The van der Waals surface area contributed by atoms with E-state index in [0.717, 1.165) is 17.7 Å². The molecular weight excluding hydrogens is 1060 g/mol. The fourth-order valence-electron chi connectivity index (χ4n) is 7.52. The van der Waals surface area contributed by atoms with Crippen LogP contribution in [-0.4, -0.2) is 149 Å². The van der Waals surface area contributed by atoms with Crippen molar-refractivity contribution >= 4 is 69.8 Å². The van der Waals surface area contributed by atoms with Crippen LogP contribution in [0, 0.1) is 26.2 Å². The van der Waals surface area contributed by atoms with E-state index in [1.165, 1.54) is 0 Å². The Hall–Kier alpha value is -7.45. The summed E-state index contributed by atoms with van der Waals surface area (Å²) in [5.41, 5.74) is -0.0411. The molecule has 1 aliphatic rings. The molecule has 0 saturated carbocycles. The highest BCUT2D eigenvalue weighted by Crippen LogP contribution is 2.42. The Labute approximate surface area is 461 Å². The van der Waals surface area contributed by atoms with E-state index >= 15 is 0 Å². The molecule has 442 valence electrons. The molecule has 0 aromatic heterocycles. The summed E-state index contributed by atoms with van der Waals surface area (Å²) in [6.45, 7) is 23.1. The zero-order valence-electron chi connectivity index (χ0n) is 47.2.